The Balaban J connectivity index is 0.947. The molecule has 318 valence electrons. The molecule has 0 bridgehead atoms. The molecule has 3 nitrogen and oxygen atoms in total. The van der Waals surface area contributed by atoms with Crippen LogP contribution in [0.4, 0.5) is 0 Å². The Hall–Kier alpha value is -9.05. The maximum absolute atomic E-state index is 5.13. The van der Waals surface area contributed by atoms with Gasteiger partial charge in [-0.15, -0.1) is 0 Å². The highest BCUT2D eigenvalue weighted by molar-refractivity contribution is 6.12. The second-order valence-corrected chi connectivity index (χ2v) is 17.6. The molecular formula is C65H43N3. The first-order chi connectivity index (χ1) is 33.7. The molecule has 0 N–H and O–H groups in total. The van der Waals surface area contributed by atoms with E-state index >= 15 is 0 Å². The summed E-state index contributed by atoms with van der Waals surface area (Å²) in [5, 5.41) is 4.92. The summed E-state index contributed by atoms with van der Waals surface area (Å²) >= 11 is 0. The topological polar surface area (TPSA) is 22.8 Å². The molecule has 3 heteroatoms. The lowest BCUT2D eigenvalue weighted by molar-refractivity contribution is 1.18. The van der Waals surface area contributed by atoms with Gasteiger partial charge < -0.3 is 9.13 Å². The van der Waals surface area contributed by atoms with Crippen LogP contribution in [0.5, 0.6) is 0 Å². The summed E-state index contributed by atoms with van der Waals surface area (Å²) in [7, 11) is 0. The monoisotopic (exact) mass is 865 g/mol. The number of benzene rings is 10. The molecule has 0 amide bonds. The highest BCUT2D eigenvalue weighted by Gasteiger charge is 2.18. The van der Waals surface area contributed by atoms with Gasteiger partial charge in [-0.1, -0.05) is 194 Å². The highest BCUT2D eigenvalue weighted by atomic mass is 15.0. The van der Waals surface area contributed by atoms with Crippen LogP contribution in [0.2, 0.25) is 0 Å². The number of hydrogen-bond acceptors (Lipinski definition) is 1. The molecule has 13 aromatic rings. The minimum absolute atomic E-state index is 0.956. The standard InChI is InChI=1S/C65H43N3/c1-5-17-44(18-6-1)51-37-52(45-19-7-2-8-20-45)39-55(38-51)68-63-28-16-14-26-57(63)59-36-32-50(43-65(59)68)49-31-35-58-56-25-13-15-27-62(56)67(64(58)42-49)54-33-29-46(30-34-54)53-40-60(47-21-9-3-10-22-47)66-61(41-53)48-23-11-4-12-24-48/h1-43H. The van der Waals surface area contributed by atoms with E-state index in [0.717, 1.165) is 45.0 Å². The number of para-hydroxylation sites is 2. The summed E-state index contributed by atoms with van der Waals surface area (Å²) in [5.41, 5.74) is 20.4. The van der Waals surface area contributed by atoms with Crippen LogP contribution in [-0.2, 0) is 0 Å². The fourth-order valence-corrected chi connectivity index (χ4v) is 10.2. The molecule has 0 saturated carbocycles. The lowest BCUT2D eigenvalue weighted by atomic mass is 9.98. The van der Waals surface area contributed by atoms with Crippen molar-refractivity contribution in [2.75, 3.05) is 0 Å². The maximum atomic E-state index is 5.13. The third kappa shape index (κ3) is 6.88. The minimum atomic E-state index is 0.956. The van der Waals surface area contributed by atoms with E-state index < -0.39 is 0 Å². The van der Waals surface area contributed by atoms with E-state index in [4.69, 9.17) is 4.98 Å². The van der Waals surface area contributed by atoms with Gasteiger partial charge in [-0.3, -0.25) is 0 Å². The Morgan fingerprint density at radius 3 is 1.03 bits per heavy atom. The maximum Gasteiger partial charge on any atom is 0.0715 e. The van der Waals surface area contributed by atoms with Crippen molar-refractivity contribution in [1.82, 2.24) is 14.1 Å². The highest BCUT2D eigenvalue weighted by Crippen LogP contribution is 2.40. The fraction of sp³-hybridized carbons (Fsp3) is 0. The van der Waals surface area contributed by atoms with Crippen molar-refractivity contribution in [3.8, 4) is 78.4 Å². The van der Waals surface area contributed by atoms with Crippen LogP contribution in [-0.4, -0.2) is 14.1 Å². The third-order valence-electron chi connectivity index (χ3n) is 13.5. The number of pyridine rings is 1. The van der Waals surface area contributed by atoms with Crippen LogP contribution >= 0.6 is 0 Å². The van der Waals surface area contributed by atoms with Crippen LogP contribution < -0.4 is 0 Å². The lowest BCUT2D eigenvalue weighted by Crippen LogP contribution is -1.96. The van der Waals surface area contributed by atoms with Crippen molar-refractivity contribution in [2.45, 2.75) is 0 Å². The van der Waals surface area contributed by atoms with Crippen LogP contribution in [0, 0.1) is 0 Å². The van der Waals surface area contributed by atoms with Gasteiger partial charge in [0, 0.05) is 44.0 Å². The SMILES string of the molecule is c1ccc(-c2cc(-c3ccccc3)cc(-n3c4ccccc4c4ccc(-c5ccc6c7ccccc7n(-c7ccc(-c8cc(-c9ccccc9)nc(-c9ccccc9)c8)cc7)c6c5)cc43)c2)cc1. The number of aromatic nitrogens is 3. The normalized spacial score (nSPS) is 11.5. The first-order valence-electron chi connectivity index (χ1n) is 23.3. The number of nitrogens with zero attached hydrogens (tertiary/aromatic N) is 3. The molecule has 0 aliphatic carbocycles. The summed E-state index contributed by atoms with van der Waals surface area (Å²) in [5.74, 6) is 0. The molecule has 68 heavy (non-hydrogen) atoms. The molecule has 0 atom stereocenters. The molecule has 0 fully saturated rings. The van der Waals surface area contributed by atoms with Gasteiger partial charge >= 0.3 is 0 Å². The van der Waals surface area contributed by atoms with E-state index in [1.165, 1.54) is 77.0 Å². The van der Waals surface area contributed by atoms with Gasteiger partial charge in [0.15, 0.2) is 0 Å². The van der Waals surface area contributed by atoms with E-state index in [1.807, 2.05) is 0 Å². The average molecular weight is 866 g/mol. The molecule has 10 aromatic carbocycles. The van der Waals surface area contributed by atoms with Crippen molar-refractivity contribution in [3.05, 3.63) is 261 Å². The summed E-state index contributed by atoms with van der Waals surface area (Å²) in [6.07, 6.45) is 0. The van der Waals surface area contributed by atoms with E-state index in [1.54, 1.807) is 0 Å². The van der Waals surface area contributed by atoms with Crippen LogP contribution in [0.15, 0.2) is 261 Å². The minimum Gasteiger partial charge on any atom is -0.309 e. The van der Waals surface area contributed by atoms with E-state index in [0.29, 0.717) is 0 Å². The third-order valence-corrected chi connectivity index (χ3v) is 13.5. The molecule has 0 spiro atoms. The summed E-state index contributed by atoms with van der Waals surface area (Å²) in [6, 6.07) is 94.3. The lowest BCUT2D eigenvalue weighted by Gasteiger charge is -2.14. The summed E-state index contributed by atoms with van der Waals surface area (Å²) < 4.78 is 4.88. The van der Waals surface area contributed by atoms with E-state index in [-0.39, 0.29) is 0 Å². The van der Waals surface area contributed by atoms with Crippen LogP contribution in [0.3, 0.4) is 0 Å². The first kappa shape index (κ1) is 39.3. The Labute approximate surface area is 395 Å². The van der Waals surface area contributed by atoms with Crippen molar-refractivity contribution >= 4 is 43.6 Å². The molecule has 0 unspecified atom stereocenters. The summed E-state index contributed by atoms with van der Waals surface area (Å²) in [4.78, 5) is 5.13. The smallest absolute Gasteiger partial charge is 0.0715 e. The fourth-order valence-electron chi connectivity index (χ4n) is 10.2. The Morgan fingerprint density at radius 1 is 0.206 bits per heavy atom. The first-order valence-corrected chi connectivity index (χ1v) is 23.3. The quantitative estimate of drug-likeness (QED) is 0.149. The Morgan fingerprint density at radius 2 is 0.559 bits per heavy atom. The zero-order chi connectivity index (χ0) is 45.0. The van der Waals surface area contributed by atoms with Crippen molar-refractivity contribution in [1.29, 1.82) is 0 Å². The molecule has 3 aromatic heterocycles. The van der Waals surface area contributed by atoms with Crippen LogP contribution in [0.25, 0.3) is 122 Å². The zero-order valence-electron chi connectivity index (χ0n) is 37.2. The van der Waals surface area contributed by atoms with Crippen molar-refractivity contribution in [3.63, 3.8) is 0 Å². The van der Waals surface area contributed by atoms with Gasteiger partial charge in [0.05, 0.1) is 33.5 Å². The van der Waals surface area contributed by atoms with Crippen molar-refractivity contribution < 1.29 is 0 Å². The van der Waals surface area contributed by atoms with E-state index in [2.05, 4.69) is 270 Å². The van der Waals surface area contributed by atoms with Gasteiger partial charge in [-0.2, -0.15) is 0 Å². The largest absolute Gasteiger partial charge is 0.309 e. The molecule has 0 saturated heterocycles. The van der Waals surface area contributed by atoms with Crippen LogP contribution in [0.1, 0.15) is 0 Å². The molecule has 0 radical (unpaired) electrons. The predicted molar refractivity (Wildman–Crippen MR) is 286 cm³/mol. The second kappa shape index (κ2) is 16.4. The van der Waals surface area contributed by atoms with Gasteiger partial charge in [-0.25, -0.2) is 4.98 Å². The molecule has 0 aliphatic rings. The van der Waals surface area contributed by atoms with Gasteiger partial charge in [0.1, 0.15) is 0 Å². The molecule has 3 heterocycles. The predicted octanol–water partition coefficient (Wildman–Crippen LogP) is 17.3. The second-order valence-electron chi connectivity index (χ2n) is 17.6. The average Bonchev–Trinajstić information content (AvgIpc) is 3.94. The zero-order valence-corrected chi connectivity index (χ0v) is 37.2. The molecule has 0 aliphatic heterocycles. The van der Waals surface area contributed by atoms with Crippen molar-refractivity contribution in [2.24, 2.45) is 0 Å². The van der Waals surface area contributed by atoms with Gasteiger partial charge in [-0.05, 0) is 111 Å². The number of rotatable bonds is 8. The van der Waals surface area contributed by atoms with Gasteiger partial charge in [0.25, 0.3) is 0 Å². The Bertz CT molecular complexity index is 3860. The van der Waals surface area contributed by atoms with Gasteiger partial charge in [0.2, 0.25) is 0 Å². The van der Waals surface area contributed by atoms with E-state index in [9.17, 15) is 0 Å². The Kier molecular flexibility index (Phi) is 9.50. The molecule has 13 rings (SSSR count). The number of hydrogen-bond donors (Lipinski definition) is 0. The molecular weight excluding hydrogens is 823 g/mol. The summed E-state index contributed by atoms with van der Waals surface area (Å²) in [6.45, 7) is 0. The number of fused-ring (bicyclic) bond motifs is 6.